The number of carboxylic acid groups (broad SMARTS) is 1. The van der Waals surface area contributed by atoms with E-state index in [0.717, 1.165) is 0 Å². The average molecular weight is 287 g/mol. The van der Waals surface area contributed by atoms with Crippen molar-refractivity contribution in [1.82, 2.24) is 4.98 Å². The molecule has 0 saturated heterocycles. The van der Waals surface area contributed by atoms with Gasteiger partial charge in [0.1, 0.15) is 0 Å². The lowest BCUT2D eigenvalue weighted by molar-refractivity contribution is 0.0698. The van der Waals surface area contributed by atoms with Crippen LogP contribution in [0.2, 0.25) is 0 Å². The molecule has 108 valence electrons. The second-order valence-corrected chi connectivity index (χ2v) is 4.02. The molecule has 0 unspecified atom stereocenters. The van der Waals surface area contributed by atoms with Crippen LogP contribution in [0.5, 0.6) is 5.88 Å². The Labute approximate surface area is 120 Å². The van der Waals surface area contributed by atoms with Crippen LogP contribution in [0.4, 0.5) is 16.2 Å². The SMILES string of the molecule is COc1ccc(NC(=O)Nc2ccccc2C(=O)O)cn1. The van der Waals surface area contributed by atoms with Crippen LogP contribution < -0.4 is 15.4 Å². The van der Waals surface area contributed by atoms with Crippen molar-refractivity contribution in [3.8, 4) is 5.88 Å². The standard InChI is InChI=1S/C14H13N3O4/c1-21-12-7-6-9(8-15-12)16-14(20)17-11-5-3-2-4-10(11)13(18)19/h2-8H,1H3,(H,18,19)(H2,16,17,20). The van der Waals surface area contributed by atoms with Crippen molar-refractivity contribution >= 4 is 23.4 Å². The van der Waals surface area contributed by atoms with Crippen LogP contribution in [0, 0.1) is 0 Å². The topological polar surface area (TPSA) is 101 Å². The normalized spacial score (nSPS) is 9.76. The Hall–Kier alpha value is -3.09. The van der Waals surface area contributed by atoms with Crippen molar-refractivity contribution < 1.29 is 19.4 Å². The average Bonchev–Trinajstić information content (AvgIpc) is 2.48. The summed E-state index contributed by atoms with van der Waals surface area (Å²) in [6, 6.07) is 8.80. The quantitative estimate of drug-likeness (QED) is 0.801. The third-order valence-electron chi connectivity index (χ3n) is 2.61. The predicted octanol–water partition coefficient (Wildman–Crippen LogP) is 2.43. The zero-order valence-corrected chi connectivity index (χ0v) is 11.2. The smallest absolute Gasteiger partial charge is 0.337 e. The number of amides is 2. The molecule has 0 aliphatic rings. The second-order valence-electron chi connectivity index (χ2n) is 4.02. The predicted molar refractivity (Wildman–Crippen MR) is 76.8 cm³/mol. The van der Waals surface area contributed by atoms with Gasteiger partial charge in [-0.3, -0.25) is 0 Å². The monoisotopic (exact) mass is 287 g/mol. The first-order valence-electron chi connectivity index (χ1n) is 6.00. The van der Waals surface area contributed by atoms with Crippen molar-refractivity contribution in [2.75, 3.05) is 17.7 Å². The Morgan fingerprint density at radius 3 is 2.52 bits per heavy atom. The maximum absolute atomic E-state index is 11.8. The molecule has 1 aromatic carbocycles. The molecule has 0 fully saturated rings. The van der Waals surface area contributed by atoms with Crippen molar-refractivity contribution in [1.29, 1.82) is 0 Å². The van der Waals surface area contributed by atoms with Gasteiger partial charge in [0.05, 0.1) is 30.2 Å². The van der Waals surface area contributed by atoms with Gasteiger partial charge in [0.15, 0.2) is 0 Å². The summed E-state index contributed by atoms with van der Waals surface area (Å²) in [5, 5.41) is 14.1. The number of hydrogen-bond donors (Lipinski definition) is 3. The molecule has 0 spiro atoms. The van der Waals surface area contributed by atoms with Crippen LogP contribution in [0.15, 0.2) is 42.6 Å². The van der Waals surface area contributed by atoms with Crippen LogP contribution in [-0.4, -0.2) is 29.2 Å². The van der Waals surface area contributed by atoms with Crippen molar-refractivity contribution in [2.24, 2.45) is 0 Å². The van der Waals surface area contributed by atoms with Gasteiger partial charge >= 0.3 is 12.0 Å². The van der Waals surface area contributed by atoms with Crippen molar-refractivity contribution in [3.63, 3.8) is 0 Å². The summed E-state index contributed by atoms with van der Waals surface area (Å²) >= 11 is 0. The summed E-state index contributed by atoms with van der Waals surface area (Å²) in [4.78, 5) is 26.8. The molecule has 2 amide bonds. The summed E-state index contributed by atoms with van der Waals surface area (Å²) in [6.45, 7) is 0. The number of rotatable bonds is 4. The van der Waals surface area contributed by atoms with Gasteiger partial charge in [-0.25, -0.2) is 14.6 Å². The number of carbonyl (C=O) groups is 2. The van der Waals surface area contributed by atoms with Crippen LogP contribution in [0.1, 0.15) is 10.4 Å². The molecule has 7 nitrogen and oxygen atoms in total. The molecule has 3 N–H and O–H groups in total. The number of para-hydroxylation sites is 1. The van der Waals surface area contributed by atoms with Gasteiger partial charge in [0, 0.05) is 6.07 Å². The summed E-state index contributed by atoms with van der Waals surface area (Å²) in [5.41, 5.74) is 0.686. The maximum atomic E-state index is 11.8. The number of methoxy groups -OCH3 is 1. The number of nitrogens with zero attached hydrogens (tertiary/aromatic N) is 1. The van der Waals surface area contributed by atoms with E-state index in [1.165, 1.54) is 25.4 Å². The molecule has 2 rings (SSSR count). The molecule has 0 saturated carbocycles. The number of hydrogen-bond acceptors (Lipinski definition) is 4. The zero-order valence-electron chi connectivity index (χ0n) is 11.2. The van der Waals surface area contributed by atoms with Gasteiger partial charge < -0.3 is 20.5 Å². The highest BCUT2D eigenvalue weighted by Gasteiger charge is 2.11. The van der Waals surface area contributed by atoms with E-state index < -0.39 is 12.0 Å². The summed E-state index contributed by atoms with van der Waals surface area (Å²) < 4.78 is 4.91. The summed E-state index contributed by atoms with van der Waals surface area (Å²) in [5.74, 6) is -0.686. The number of pyridine rings is 1. The number of nitrogens with one attached hydrogen (secondary N) is 2. The summed E-state index contributed by atoms with van der Waals surface area (Å²) in [6.07, 6.45) is 1.43. The molecule has 0 bridgehead atoms. The minimum absolute atomic E-state index is 0.0144. The number of anilines is 2. The van der Waals surface area contributed by atoms with Crippen molar-refractivity contribution in [3.05, 3.63) is 48.2 Å². The molecule has 7 heteroatoms. The Balaban J connectivity index is 2.06. The van der Waals surface area contributed by atoms with E-state index in [2.05, 4.69) is 15.6 Å². The van der Waals surface area contributed by atoms with E-state index in [1.807, 2.05) is 0 Å². The molecule has 0 radical (unpaired) electrons. The molecule has 21 heavy (non-hydrogen) atoms. The molecule has 1 heterocycles. The highest BCUT2D eigenvalue weighted by molar-refractivity contribution is 6.04. The lowest BCUT2D eigenvalue weighted by Gasteiger charge is -2.09. The first-order chi connectivity index (χ1) is 10.1. The summed E-state index contributed by atoms with van der Waals surface area (Å²) in [7, 11) is 1.49. The first kappa shape index (κ1) is 14.3. The number of aromatic nitrogens is 1. The minimum Gasteiger partial charge on any atom is -0.481 e. The number of carbonyl (C=O) groups excluding carboxylic acids is 1. The van der Waals surface area contributed by atoms with Crippen LogP contribution in [0.25, 0.3) is 0 Å². The van der Waals surface area contributed by atoms with Gasteiger partial charge in [0.2, 0.25) is 5.88 Å². The van der Waals surface area contributed by atoms with E-state index in [0.29, 0.717) is 11.6 Å². The van der Waals surface area contributed by atoms with E-state index >= 15 is 0 Å². The number of ether oxygens (including phenoxy) is 1. The van der Waals surface area contributed by atoms with Gasteiger partial charge in [0.25, 0.3) is 0 Å². The third kappa shape index (κ3) is 3.69. The lowest BCUT2D eigenvalue weighted by Crippen LogP contribution is -2.21. The van der Waals surface area contributed by atoms with Gasteiger partial charge in [-0.05, 0) is 18.2 Å². The van der Waals surface area contributed by atoms with Crippen LogP contribution in [-0.2, 0) is 0 Å². The van der Waals surface area contributed by atoms with Crippen molar-refractivity contribution in [2.45, 2.75) is 0 Å². The second kappa shape index (κ2) is 6.38. The number of urea groups is 1. The van der Waals surface area contributed by atoms with E-state index in [4.69, 9.17) is 9.84 Å². The molecule has 0 aliphatic heterocycles. The molecular formula is C14H13N3O4. The minimum atomic E-state index is -1.11. The fraction of sp³-hybridized carbons (Fsp3) is 0.0714. The Morgan fingerprint density at radius 2 is 1.90 bits per heavy atom. The molecule has 0 atom stereocenters. The van der Waals surface area contributed by atoms with Crippen LogP contribution >= 0.6 is 0 Å². The van der Waals surface area contributed by atoms with Gasteiger partial charge in [-0.15, -0.1) is 0 Å². The van der Waals surface area contributed by atoms with E-state index in [9.17, 15) is 9.59 Å². The Morgan fingerprint density at radius 1 is 1.14 bits per heavy atom. The van der Waals surface area contributed by atoms with E-state index in [-0.39, 0.29) is 11.3 Å². The number of benzene rings is 1. The van der Waals surface area contributed by atoms with Crippen LogP contribution in [0.3, 0.4) is 0 Å². The largest absolute Gasteiger partial charge is 0.481 e. The molecule has 1 aromatic heterocycles. The Kier molecular flexibility index (Phi) is 4.35. The molecule has 2 aromatic rings. The van der Waals surface area contributed by atoms with Gasteiger partial charge in [-0.2, -0.15) is 0 Å². The Bertz CT molecular complexity index is 656. The maximum Gasteiger partial charge on any atom is 0.337 e. The molecular weight excluding hydrogens is 274 g/mol. The first-order valence-corrected chi connectivity index (χ1v) is 6.00. The fourth-order valence-electron chi connectivity index (χ4n) is 1.64. The van der Waals surface area contributed by atoms with Gasteiger partial charge in [-0.1, -0.05) is 12.1 Å². The molecule has 0 aliphatic carbocycles. The number of carboxylic acids is 1. The van der Waals surface area contributed by atoms with E-state index in [1.54, 1.807) is 24.3 Å². The highest BCUT2D eigenvalue weighted by Crippen LogP contribution is 2.16. The third-order valence-corrected chi connectivity index (χ3v) is 2.61. The highest BCUT2D eigenvalue weighted by atomic mass is 16.5. The zero-order chi connectivity index (χ0) is 15.2. The lowest BCUT2D eigenvalue weighted by atomic mass is 10.2. The number of aromatic carboxylic acids is 1. The fourth-order valence-corrected chi connectivity index (χ4v) is 1.64.